The number of aromatic amines is 1. The van der Waals surface area contributed by atoms with Gasteiger partial charge in [0.2, 0.25) is 11.8 Å². The van der Waals surface area contributed by atoms with E-state index in [4.69, 9.17) is 4.74 Å². The lowest BCUT2D eigenvalue weighted by Gasteiger charge is -2.43. The summed E-state index contributed by atoms with van der Waals surface area (Å²) in [5.74, 6) is -2.54. The molecule has 6 rings (SSSR count). The van der Waals surface area contributed by atoms with Crippen LogP contribution in [-0.4, -0.2) is 46.1 Å². The zero-order valence-corrected chi connectivity index (χ0v) is 19.3. The summed E-state index contributed by atoms with van der Waals surface area (Å²) in [6.07, 6.45) is 0.763. The molecule has 2 aliphatic heterocycles. The van der Waals surface area contributed by atoms with Crippen LogP contribution in [0.25, 0.3) is 0 Å². The number of carbonyl (C=O) groups is 3. The molecule has 4 aliphatic rings. The van der Waals surface area contributed by atoms with E-state index in [0.29, 0.717) is 0 Å². The van der Waals surface area contributed by atoms with Crippen LogP contribution in [0.5, 0.6) is 0 Å². The Balaban J connectivity index is 1.39. The number of esters is 1. The van der Waals surface area contributed by atoms with Crippen molar-refractivity contribution in [2.45, 2.75) is 29.5 Å². The van der Waals surface area contributed by atoms with Gasteiger partial charge in [-0.1, -0.05) is 23.5 Å². The van der Waals surface area contributed by atoms with Crippen molar-refractivity contribution in [1.82, 2.24) is 9.88 Å². The molecule has 172 valence electrons. The number of benzene rings is 1. The van der Waals surface area contributed by atoms with E-state index in [9.17, 15) is 23.6 Å². The molecule has 1 N–H and O–H groups in total. The van der Waals surface area contributed by atoms with Gasteiger partial charge in [-0.05, 0) is 48.8 Å². The van der Waals surface area contributed by atoms with Crippen molar-refractivity contribution >= 4 is 40.9 Å². The van der Waals surface area contributed by atoms with Crippen molar-refractivity contribution in [2.24, 2.45) is 29.6 Å². The van der Waals surface area contributed by atoms with Crippen molar-refractivity contribution in [3.8, 4) is 0 Å². The quantitative estimate of drug-likeness (QED) is 0.525. The molecule has 3 heterocycles. The highest BCUT2D eigenvalue weighted by Gasteiger charge is 2.69. The van der Waals surface area contributed by atoms with E-state index in [0.717, 1.165) is 26.8 Å². The summed E-state index contributed by atoms with van der Waals surface area (Å²) >= 11 is 2.76. The van der Waals surface area contributed by atoms with Crippen LogP contribution in [0.3, 0.4) is 0 Å². The third-order valence-corrected chi connectivity index (χ3v) is 10.2. The number of ether oxygens (including phenoxy) is 1. The van der Waals surface area contributed by atoms with Crippen LogP contribution in [0.2, 0.25) is 0 Å². The fourth-order valence-electron chi connectivity index (χ4n) is 6.61. The second-order valence-electron chi connectivity index (χ2n) is 9.08. The Hall–Kier alpha value is -2.46. The van der Waals surface area contributed by atoms with Crippen molar-refractivity contribution < 1.29 is 23.5 Å². The summed E-state index contributed by atoms with van der Waals surface area (Å²) < 4.78 is 18.6. The number of imide groups is 1. The van der Waals surface area contributed by atoms with Gasteiger partial charge in [0, 0.05) is 16.0 Å². The zero-order chi connectivity index (χ0) is 23.0. The molecule has 7 nitrogen and oxygen atoms in total. The molecule has 1 saturated heterocycles. The van der Waals surface area contributed by atoms with Crippen molar-refractivity contribution in [3.63, 3.8) is 0 Å². The minimum atomic E-state index is -0.581. The fourth-order valence-corrected chi connectivity index (χ4v) is 9.50. The molecule has 2 amide bonds. The number of H-pyrrole nitrogens is 1. The predicted molar refractivity (Wildman–Crippen MR) is 118 cm³/mol. The molecule has 7 unspecified atom stereocenters. The van der Waals surface area contributed by atoms with E-state index >= 15 is 0 Å². The number of likely N-dealkylation sites (tertiary alicyclic amines) is 1. The SMILES string of the molecule is CCOC(=O)CN1C(=O)C2C3CC(C2C1=O)C1C(c2ccc(F)cc2)c2sc(=O)[nH]c2SC31. The van der Waals surface area contributed by atoms with Crippen LogP contribution < -0.4 is 4.87 Å². The van der Waals surface area contributed by atoms with Gasteiger partial charge in [-0.15, -0.1) is 11.8 Å². The number of thioether (sulfide) groups is 1. The number of amides is 2. The fraction of sp³-hybridized carbons (Fsp3) is 0.478. The van der Waals surface area contributed by atoms with Crippen LogP contribution in [0.4, 0.5) is 4.39 Å². The van der Waals surface area contributed by atoms with Crippen LogP contribution in [0.15, 0.2) is 34.1 Å². The monoisotopic (exact) mass is 488 g/mol. The number of nitrogens with zero attached hydrogens (tertiary/aromatic N) is 1. The van der Waals surface area contributed by atoms with Crippen LogP contribution in [-0.2, 0) is 19.1 Å². The average Bonchev–Trinajstić information content (AvgIpc) is 3.50. The summed E-state index contributed by atoms with van der Waals surface area (Å²) in [5, 5.41) is 0.869. The molecule has 10 heteroatoms. The Morgan fingerprint density at radius 3 is 2.55 bits per heavy atom. The average molecular weight is 489 g/mol. The van der Waals surface area contributed by atoms with Crippen molar-refractivity contribution in [3.05, 3.63) is 50.2 Å². The van der Waals surface area contributed by atoms with Gasteiger partial charge in [-0.25, -0.2) is 4.39 Å². The molecule has 1 aromatic carbocycles. The topological polar surface area (TPSA) is 96.5 Å². The summed E-state index contributed by atoms with van der Waals surface area (Å²) in [7, 11) is 0. The first-order chi connectivity index (χ1) is 15.9. The van der Waals surface area contributed by atoms with Crippen LogP contribution >= 0.6 is 23.1 Å². The Bertz CT molecular complexity index is 1220. The maximum atomic E-state index is 13.7. The minimum absolute atomic E-state index is 0.0156. The molecule has 2 aliphatic carbocycles. The minimum Gasteiger partial charge on any atom is -0.465 e. The second kappa shape index (κ2) is 7.53. The van der Waals surface area contributed by atoms with Crippen molar-refractivity contribution in [2.75, 3.05) is 13.2 Å². The third-order valence-electron chi connectivity index (χ3n) is 7.64. The molecule has 2 saturated carbocycles. The van der Waals surface area contributed by atoms with Gasteiger partial charge in [-0.2, -0.15) is 0 Å². The number of aromatic nitrogens is 1. The molecule has 0 spiro atoms. The summed E-state index contributed by atoms with van der Waals surface area (Å²) in [5.41, 5.74) is 0.910. The maximum Gasteiger partial charge on any atom is 0.326 e. The molecule has 2 bridgehead atoms. The molecule has 7 atom stereocenters. The Morgan fingerprint density at radius 1 is 1.15 bits per heavy atom. The van der Waals surface area contributed by atoms with Gasteiger partial charge in [0.05, 0.1) is 23.5 Å². The number of halogens is 1. The number of rotatable bonds is 4. The normalized spacial score (nSPS) is 33.8. The Kier molecular flexibility index (Phi) is 4.81. The van der Waals surface area contributed by atoms with E-state index in [1.807, 2.05) is 0 Å². The first kappa shape index (κ1) is 21.1. The van der Waals surface area contributed by atoms with Crippen LogP contribution in [0.1, 0.15) is 29.7 Å². The lowest BCUT2D eigenvalue weighted by molar-refractivity contribution is -0.153. The first-order valence-corrected chi connectivity index (χ1v) is 12.7. The highest BCUT2D eigenvalue weighted by Crippen LogP contribution is 2.68. The number of thiazole rings is 1. The van der Waals surface area contributed by atoms with Gasteiger partial charge in [0.15, 0.2) is 0 Å². The highest BCUT2D eigenvalue weighted by molar-refractivity contribution is 8.00. The summed E-state index contributed by atoms with van der Waals surface area (Å²) in [6.45, 7) is 1.53. The molecular formula is C23H21FN2O5S2. The Labute approximate surface area is 196 Å². The highest BCUT2D eigenvalue weighted by atomic mass is 32.2. The number of fused-ring (bicyclic) bond motifs is 9. The smallest absolute Gasteiger partial charge is 0.326 e. The molecular weight excluding hydrogens is 467 g/mol. The van der Waals surface area contributed by atoms with Gasteiger partial charge in [0.25, 0.3) is 0 Å². The second-order valence-corrected chi connectivity index (χ2v) is 11.3. The predicted octanol–water partition coefficient (Wildman–Crippen LogP) is 2.61. The standard InChI is InChI=1S/C23H21FN2O5S2/c1-2-31-13(27)8-26-21(28)16-11-7-12(17(16)22(26)29)18-15(11)14(9-3-5-10(24)6-4-9)19-20(32-18)25-23(30)33-19/h3-6,11-12,14-18H,2,7-8H2,1H3,(H,25,30). The van der Waals surface area contributed by atoms with Gasteiger partial charge in [-0.3, -0.25) is 24.1 Å². The lowest BCUT2D eigenvalue weighted by Crippen LogP contribution is -2.42. The zero-order valence-electron chi connectivity index (χ0n) is 17.7. The Morgan fingerprint density at radius 2 is 1.85 bits per heavy atom. The van der Waals surface area contributed by atoms with Crippen LogP contribution in [0, 0.1) is 35.4 Å². The lowest BCUT2D eigenvalue weighted by atomic mass is 9.68. The largest absolute Gasteiger partial charge is 0.465 e. The summed E-state index contributed by atoms with van der Waals surface area (Å²) in [4.78, 5) is 55.6. The molecule has 33 heavy (non-hydrogen) atoms. The maximum absolute atomic E-state index is 13.7. The van der Waals surface area contributed by atoms with E-state index in [1.165, 1.54) is 23.5 Å². The number of hydrogen-bond donors (Lipinski definition) is 1. The molecule has 2 aromatic rings. The van der Waals surface area contributed by atoms with Gasteiger partial charge in [0.1, 0.15) is 12.4 Å². The number of carbonyl (C=O) groups excluding carboxylic acids is 3. The summed E-state index contributed by atoms with van der Waals surface area (Å²) in [6, 6.07) is 6.34. The molecule has 1 aromatic heterocycles. The van der Waals surface area contributed by atoms with Gasteiger partial charge >= 0.3 is 10.8 Å². The number of nitrogens with one attached hydrogen (secondary N) is 1. The molecule has 0 radical (unpaired) electrons. The molecule has 3 fully saturated rings. The first-order valence-electron chi connectivity index (χ1n) is 11.0. The van der Waals surface area contributed by atoms with Gasteiger partial charge < -0.3 is 9.72 Å². The number of hydrogen-bond acceptors (Lipinski definition) is 7. The van der Waals surface area contributed by atoms with E-state index in [-0.39, 0.29) is 64.6 Å². The van der Waals surface area contributed by atoms with E-state index in [2.05, 4.69) is 4.98 Å². The third kappa shape index (κ3) is 2.99. The van der Waals surface area contributed by atoms with E-state index < -0.39 is 17.8 Å². The van der Waals surface area contributed by atoms with Crippen molar-refractivity contribution in [1.29, 1.82) is 0 Å². The van der Waals surface area contributed by atoms with E-state index in [1.54, 1.807) is 30.8 Å².